The molecule has 0 radical (unpaired) electrons. The van der Waals surface area contributed by atoms with E-state index in [2.05, 4.69) is 10.5 Å². The fourth-order valence-corrected chi connectivity index (χ4v) is 1.89. The standard InChI is InChI=1S/C19H22N2O3/c1-19(2,3)24-18(22)21-20-13-16-10-7-11-17(12-16)23-14-15-8-5-4-6-9-15/h4-13H,14H2,1-3H3,(H,21,22)/b20-13-. The van der Waals surface area contributed by atoms with E-state index in [1.807, 2.05) is 54.6 Å². The summed E-state index contributed by atoms with van der Waals surface area (Å²) in [6, 6.07) is 17.4. The summed E-state index contributed by atoms with van der Waals surface area (Å²) >= 11 is 0. The molecular weight excluding hydrogens is 304 g/mol. The largest absolute Gasteiger partial charge is 0.489 e. The van der Waals surface area contributed by atoms with Crippen molar-refractivity contribution < 1.29 is 14.3 Å². The van der Waals surface area contributed by atoms with Gasteiger partial charge in [0.05, 0.1) is 6.21 Å². The summed E-state index contributed by atoms with van der Waals surface area (Å²) in [5.74, 6) is 0.736. The van der Waals surface area contributed by atoms with Crippen molar-refractivity contribution in [1.29, 1.82) is 0 Å². The summed E-state index contributed by atoms with van der Waals surface area (Å²) in [4.78, 5) is 11.5. The summed E-state index contributed by atoms with van der Waals surface area (Å²) < 4.78 is 10.9. The van der Waals surface area contributed by atoms with Crippen molar-refractivity contribution in [2.45, 2.75) is 33.0 Å². The first kappa shape index (κ1) is 17.5. The van der Waals surface area contributed by atoms with E-state index in [1.165, 1.54) is 0 Å². The van der Waals surface area contributed by atoms with Crippen LogP contribution in [0.5, 0.6) is 5.75 Å². The van der Waals surface area contributed by atoms with Gasteiger partial charge < -0.3 is 9.47 Å². The Hall–Kier alpha value is -2.82. The van der Waals surface area contributed by atoms with Gasteiger partial charge in [-0.3, -0.25) is 0 Å². The minimum Gasteiger partial charge on any atom is -0.489 e. The Bertz CT molecular complexity index is 691. The van der Waals surface area contributed by atoms with Crippen LogP contribution in [-0.4, -0.2) is 17.9 Å². The molecular formula is C19H22N2O3. The fraction of sp³-hybridized carbons (Fsp3) is 0.263. The second-order valence-corrected chi connectivity index (χ2v) is 6.22. The summed E-state index contributed by atoms with van der Waals surface area (Å²) in [5.41, 5.74) is 3.70. The number of hydrogen-bond donors (Lipinski definition) is 1. The lowest BCUT2D eigenvalue weighted by Gasteiger charge is -2.18. The number of carbonyl (C=O) groups is 1. The minimum atomic E-state index is -0.588. The van der Waals surface area contributed by atoms with Gasteiger partial charge in [0.2, 0.25) is 0 Å². The quantitative estimate of drug-likeness (QED) is 0.664. The molecule has 2 aromatic carbocycles. The van der Waals surface area contributed by atoms with Gasteiger partial charge in [-0.25, -0.2) is 10.2 Å². The van der Waals surface area contributed by atoms with Crippen molar-refractivity contribution in [3.8, 4) is 5.75 Å². The maximum atomic E-state index is 11.5. The molecule has 0 heterocycles. The molecule has 126 valence electrons. The maximum absolute atomic E-state index is 11.5. The van der Waals surface area contributed by atoms with Gasteiger partial charge in [0.1, 0.15) is 18.0 Å². The van der Waals surface area contributed by atoms with Crippen molar-refractivity contribution in [3.05, 3.63) is 65.7 Å². The zero-order valence-electron chi connectivity index (χ0n) is 14.2. The molecule has 0 aliphatic heterocycles. The average molecular weight is 326 g/mol. The van der Waals surface area contributed by atoms with Gasteiger partial charge in [0, 0.05) is 0 Å². The molecule has 0 aliphatic rings. The highest BCUT2D eigenvalue weighted by Crippen LogP contribution is 2.14. The molecule has 5 nitrogen and oxygen atoms in total. The Kier molecular flexibility index (Phi) is 5.95. The maximum Gasteiger partial charge on any atom is 0.428 e. The molecule has 0 aliphatic carbocycles. The number of benzene rings is 2. The van der Waals surface area contributed by atoms with Gasteiger partial charge in [0.25, 0.3) is 0 Å². The smallest absolute Gasteiger partial charge is 0.428 e. The Labute approximate surface area is 142 Å². The molecule has 0 saturated heterocycles. The molecule has 5 heteroatoms. The van der Waals surface area contributed by atoms with E-state index >= 15 is 0 Å². The first-order chi connectivity index (χ1) is 11.4. The Morgan fingerprint density at radius 1 is 1.12 bits per heavy atom. The molecule has 1 N–H and O–H groups in total. The topological polar surface area (TPSA) is 59.9 Å². The molecule has 0 saturated carbocycles. The van der Waals surface area contributed by atoms with Crippen LogP contribution in [0.15, 0.2) is 59.7 Å². The van der Waals surface area contributed by atoms with Crippen LogP contribution in [0.2, 0.25) is 0 Å². The Morgan fingerprint density at radius 3 is 2.58 bits per heavy atom. The second-order valence-electron chi connectivity index (χ2n) is 6.22. The van der Waals surface area contributed by atoms with Gasteiger partial charge in [-0.1, -0.05) is 42.5 Å². The van der Waals surface area contributed by atoms with Crippen LogP contribution in [0.3, 0.4) is 0 Å². The molecule has 0 atom stereocenters. The number of nitrogens with one attached hydrogen (secondary N) is 1. The van der Waals surface area contributed by atoms with E-state index < -0.39 is 11.7 Å². The average Bonchev–Trinajstić information content (AvgIpc) is 2.53. The van der Waals surface area contributed by atoms with Gasteiger partial charge >= 0.3 is 6.09 Å². The van der Waals surface area contributed by atoms with Gasteiger partial charge in [0.15, 0.2) is 0 Å². The lowest BCUT2D eigenvalue weighted by molar-refractivity contribution is 0.0529. The molecule has 0 spiro atoms. The molecule has 1 amide bonds. The van der Waals surface area contributed by atoms with Crippen molar-refractivity contribution in [3.63, 3.8) is 0 Å². The van der Waals surface area contributed by atoms with Crippen molar-refractivity contribution in [2.75, 3.05) is 0 Å². The minimum absolute atomic E-state index is 0.498. The van der Waals surface area contributed by atoms with Crippen LogP contribution >= 0.6 is 0 Å². The van der Waals surface area contributed by atoms with E-state index in [1.54, 1.807) is 27.0 Å². The molecule has 2 rings (SSSR count). The number of hydrazone groups is 1. The third kappa shape index (κ3) is 6.52. The van der Waals surface area contributed by atoms with Crippen molar-refractivity contribution >= 4 is 12.3 Å². The summed E-state index contributed by atoms with van der Waals surface area (Å²) in [6.07, 6.45) is 0.953. The molecule has 2 aromatic rings. The number of rotatable bonds is 5. The highest BCUT2D eigenvalue weighted by molar-refractivity contribution is 5.81. The van der Waals surface area contributed by atoms with Crippen LogP contribution in [0.4, 0.5) is 4.79 Å². The van der Waals surface area contributed by atoms with Crippen LogP contribution in [0.1, 0.15) is 31.9 Å². The third-order valence-corrected chi connectivity index (χ3v) is 2.87. The monoisotopic (exact) mass is 326 g/mol. The lowest BCUT2D eigenvalue weighted by atomic mass is 10.2. The molecule has 0 bridgehead atoms. The van der Waals surface area contributed by atoms with E-state index in [4.69, 9.17) is 9.47 Å². The SMILES string of the molecule is CC(C)(C)OC(=O)N/N=C\c1cccc(OCc2ccccc2)c1. The highest BCUT2D eigenvalue weighted by Gasteiger charge is 2.15. The van der Waals surface area contributed by atoms with E-state index in [-0.39, 0.29) is 0 Å². The highest BCUT2D eigenvalue weighted by atomic mass is 16.6. The molecule has 0 fully saturated rings. The van der Waals surface area contributed by atoms with Gasteiger partial charge in [-0.2, -0.15) is 5.10 Å². The molecule has 0 unspecified atom stereocenters. The number of nitrogens with zero attached hydrogens (tertiary/aromatic N) is 1. The lowest BCUT2D eigenvalue weighted by Crippen LogP contribution is -2.29. The van der Waals surface area contributed by atoms with Crippen LogP contribution in [0, 0.1) is 0 Å². The zero-order valence-corrected chi connectivity index (χ0v) is 14.2. The number of carbonyl (C=O) groups excluding carboxylic acids is 1. The number of ether oxygens (including phenoxy) is 2. The van der Waals surface area contributed by atoms with Gasteiger partial charge in [-0.05, 0) is 44.0 Å². The Morgan fingerprint density at radius 2 is 1.88 bits per heavy atom. The number of amides is 1. The van der Waals surface area contributed by atoms with E-state index in [0.29, 0.717) is 6.61 Å². The first-order valence-electron chi connectivity index (χ1n) is 7.71. The normalized spacial score (nSPS) is 11.3. The van der Waals surface area contributed by atoms with Crippen molar-refractivity contribution in [1.82, 2.24) is 5.43 Å². The summed E-state index contributed by atoms with van der Waals surface area (Å²) in [5, 5.41) is 3.88. The van der Waals surface area contributed by atoms with Crippen LogP contribution < -0.4 is 10.2 Å². The molecule has 0 aromatic heterocycles. The molecule has 24 heavy (non-hydrogen) atoms. The first-order valence-corrected chi connectivity index (χ1v) is 7.71. The third-order valence-electron chi connectivity index (χ3n) is 2.87. The van der Waals surface area contributed by atoms with Crippen LogP contribution in [-0.2, 0) is 11.3 Å². The van der Waals surface area contributed by atoms with E-state index in [0.717, 1.165) is 16.9 Å². The van der Waals surface area contributed by atoms with E-state index in [9.17, 15) is 4.79 Å². The summed E-state index contributed by atoms with van der Waals surface area (Å²) in [7, 11) is 0. The fourth-order valence-electron chi connectivity index (χ4n) is 1.89. The summed E-state index contributed by atoms with van der Waals surface area (Å²) in [6.45, 7) is 5.88. The van der Waals surface area contributed by atoms with Crippen LogP contribution in [0.25, 0.3) is 0 Å². The zero-order chi connectivity index (χ0) is 17.4. The second kappa shape index (κ2) is 8.15. The number of hydrogen-bond acceptors (Lipinski definition) is 4. The van der Waals surface area contributed by atoms with Crippen molar-refractivity contribution in [2.24, 2.45) is 5.10 Å². The predicted molar refractivity (Wildman–Crippen MR) is 94.2 cm³/mol. The Balaban J connectivity index is 1.88. The van der Waals surface area contributed by atoms with Gasteiger partial charge in [-0.15, -0.1) is 0 Å². The predicted octanol–water partition coefficient (Wildman–Crippen LogP) is 4.12.